The molecule has 1 unspecified atom stereocenters. The fraction of sp³-hybridized carbons (Fsp3) is 0.550. The van der Waals surface area contributed by atoms with Crippen LogP contribution in [0.1, 0.15) is 44.6 Å². The van der Waals surface area contributed by atoms with Gasteiger partial charge in [-0.15, -0.1) is 0 Å². The van der Waals surface area contributed by atoms with Gasteiger partial charge in [0.1, 0.15) is 12.4 Å². The molecule has 4 nitrogen and oxygen atoms in total. The number of rotatable bonds is 7. The zero-order chi connectivity index (χ0) is 17.2. The third-order valence-electron chi connectivity index (χ3n) is 5.71. The molecule has 3 rings (SSSR count). The largest absolute Gasteiger partial charge is 0.511 e. The first-order valence-electron chi connectivity index (χ1n) is 8.84. The van der Waals surface area contributed by atoms with Crippen LogP contribution >= 0.6 is 0 Å². The maximum atomic E-state index is 12.2. The maximum absolute atomic E-state index is 12.2. The SMILES string of the molecule is C=C(O)[C@@H](NC(=O)OCc1ccccc1)C(C1CCC1)C1(C)CC1. The van der Waals surface area contributed by atoms with Crippen LogP contribution in [0, 0.1) is 17.3 Å². The Bertz CT molecular complexity index is 590. The van der Waals surface area contributed by atoms with Gasteiger partial charge in [0, 0.05) is 0 Å². The van der Waals surface area contributed by atoms with E-state index >= 15 is 0 Å². The minimum absolute atomic E-state index is 0.0386. The fourth-order valence-electron chi connectivity index (χ4n) is 3.85. The standard InChI is InChI=1S/C20H27NO3/c1-14(22)18(17(16-9-6-10-16)20(2)11-12-20)21-19(23)24-13-15-7-4-3-5-8-15/h3-5,7-8,16-18,22H,1,6,9-13H2,2H3,(H,21,23)/t17?,18-/m1/s1. The minimum Gasteiger partial charge on any atom is -0.511 e. The second kappa shape index (κ2) is 6.88. The van der Waals surface area contributed by atoms with Crippen LogP contribution in [-0.2, 0) is 11.3 Å². The highest BCUT2D eigenvalue weighted by Gasteiger charge is 2.53. The van der Waals surface area contributed by atoms with E-state index in [0.717, 1.165) is 18.4 Å². The summed E-state index contributed by atoms with van der Waals surface area (Å²) in [5, 5.41) is 13.0. The number of nitrogens with one attached hydrogen (secondary N) is 1. The predicted octanol–water partition coefficient (Wildman–Crippen LogP) is 4.57. The van der Waals surface area contributed by atoms with E-state index in [0.29, 0.717) is 5.92 Å². The zero-order valence-corrected chi connectivity index (χ0v) is 14.3. The number of hydrogen-bond acceptors (Lipinski definition) is 3. The van der Waals surface area contributed by atoms with Gasteiger partial charge in [-0.3, -0.25) is 0 Å². The van der Waals surface area contributed by atoms with Gasteiger partial charge in [-0.2, -0.15) is 0 Å². The molecular weight excluding hydrogens is 302 g/mol. The summed E-state index contributed by atoms with van der Waals surface area (Å²) in [6.07, 6.45) is 5.39. The monoisotopic (exact) mass is 329 g/mol. The fourth-order valence-corrected chi connectivity index (χ4v) is 3.85. The number of carbonyl (C=O) groups excluding carboxylic acids is 1. The Morgan fingerprint density at radius 1 is 1.38 bits per heavy atom. The van der Waals surface area contributed by atoms with Crippen LogP contribution < -0.4 is 5.32 Å². The van der Waals surface area contributed by atoms with Crippen LogP contribution in [0.25, 0.3) is 0 Å². The van der Waals surface area contributed by atoms with E-state index in [1.807, 2.05) is 30.3 Å². The van der Waals surface area contributed by atoms with Crippen LogP contribution in [-0.4, -0.2) is 17.2 Å². The summed E-state index contributed by atoms with van der Waals surface area (Å²) in [4.78, 5) is 12.2. The molecule has 2 aliphatic carbocycles. The summed E-state index contributed by atoms with van der Waals surface area (Å²) in [7, 11) is 0. The highest BCUT2D eigenvalue weighted by Crippen LogP contribution is 2.58. The predicted molar refractivity (Wildman–Crippen MR) is 93.5 cm³/mol. The Hall–Kier alpha value is -1.97. The van der Waals surface area contributed by atoms with Crippen LogP contribution in [0.5, 0.6) is 0 Å². The smallest absolute Gasteiger partial charge is 0.408 e. The maximum Gasteiger partial charge on any atom is 0.408 e. The van der Waals surface area contributed by atoms with Crippen molar-refractivity contribution >= 4 is 6.09 Å². The van der Waals surface area contributed by atoms with Gasteiger partial charge in [0.2, 0.25) is 0 Å². The van der Waals surface area contributed by atoms with Crippen LogP contribution in [0.4, 0.5) is 4.79 Å². The van der Waals surface area contributed by atoms with Crippen molar-refractivity contribution in [3.8, 4) is 0 Å². The van der Waals surface area contributed by atoms with Crippen molar-refractivity contribution < 1.29 is 14.6 Å². The van der Waals surface area contributed by atoms with Gasteiger partial charge in [0.05, 0.1) is 6.04 Å². The molecule has 24 heavy (non-hydrogen) atoms. The molecule has 2 fully saturated rings. The quantitative estimate of drug-likeness (QED) is 0.720. The minimum atomic E-state index is -0.493. The number of alkyl carbamates (subject to hydrolysis) is 1. The topological polar surface area (TPSA) is 58.6 Å². The average Bonchev–Trinajstić information content (AvgIpc) is 3.26. The third-order valence-corrected chi connectivity index (χ3v) is 5.71. The Balaban J connectivity index is 1.62. The van der Waals surface area contributed by atoms with Gasteiger partial charge in [-0.05, 0) is 35.7 Å². The number of aliphatic hydroxyl groups is 1. The van der Waals surface area contributed by atoms with E-state index in [-0.39, 0.29) is 23.7 Å². The molecule has 1 aromatic rings. The first-order chi connectivity index (χ1) is 11.5. The molecule has 2 aliphatic rings. The second-order valence-electron chi connectivity index (χ2n) is 7.55. The molecule has 2 atom stereocenters. The first kappa shape index (κ1) is 16.9. The molecule has 1 aromatic carbocycles. The molecule has 0 saturated heterocycles. The number of hydrogen-bond donors (Lipinski definition) is 2. The molecule has 130 valence electrons. The molecule has 0 radical (unpaired) electrons. The third kappa shape index (κ3) is 3.74. The molecular formula is C20H27NO3. The van der Waals surface area contributed by atoms with Gasteiger partial charge in [0.15, 0.2) is 0 Å². The number of amides is 1. The summed E-state index contributed by atoms with van der Waals surface area (Å²) in [6.45, 7) is 6.19. The van der Waals surface area contributed by atoms with Crippen molar-refractivity contribution in [2.24, 2.45) is 17.3 Å². The molecule has 1 amide bonds. The van der Waals surface area contributed by atoms with Crippen molar-refractivity contribution in [2.75, 3.05) is 0 Å². The Morgan fingerprint density at radius 3 is 2.54 bits per heavy atom. The van der Waals surface area contributed by atoms with Crippen molar-refractivity contribution in [1.82, 2.24) is 5.32 Å². The Kier molecular flexibility index (Phi) is 4.83. The van der Waals surface area contributed by atoms with Crippen LogP contribution in [0.15, 0.2) is 42.7 Å². The first-order valence-corrected chi connectivity index (χ1v) is 8.84. The average molecular weight is 329 g/mol. The molecule has 2 saturated carbocycles. The van der Waals surface area contributed by atoms with E-state index in [1.165, 1.54) is 19.3 Å². The van der Waals surface area contributed by atoms with Crippen molar-refractivity contribution in [2.45, 2.75) is 51.7 Å². The Labute approximate surface area is 143 Å². The molecule has 4 heteroatoms. The summed E-state index contributed by atoms with van der Waals surface area (Å²) < 4.78 is 5.32. The normalized spacial score (nSPS) is 21.2. The van der Waals surface area contributed by atoms with E-state index in [9.17, 15) is 9.90 Å². The van der Waals surface area contributed by atoms with E-state index in [1.54, 1.807) is 0 Å². The zero-order valence-electron chi connectivity index (χ0n) is 14.3. The van der Waals surface area contributed by atoms with Gasteiger partial charge < -0.3 is 15.2 Å². The molecule has 0 aliphatic heterocycles. The molecule has 0 bridgehead atoms. The Morgan fingerprint density at radius 2 is 2.04 bits per heavy atom. The number of aliphatic hydroxyl groups excluding tert-OH is 1. The number of ether oxygens (including phenoxy) is 1. The summed E-state index contributed by atoms with van der Waals surface area (Å²) in [6, 6.07) is 9.15. The van der Waals surface area contributed by atoms with Crippen molar-refractivity contribution in [3.63, 3.8) is 0 Å². The van der Waals surface area contributed by atoms with Gasteiger partial charge >= 0.3 is 6.09 Å². The second-order valence-corrected chi connectivity index (χ2v) is 7.55. The van der Waals surface area contributed by atoms with E-state index in [4.69, 9.17) is 4.74 Å². The lowest BCUT2D eigenvalue weighted by Crippen LogP contribution is -2.48. The summed E-state index contributed by atoms with van der Waals surface area (Å²) >= 11 is 0. The van der Waals surface area contributed by atoms with Crippen molar-refractivity contribution in [1.29, 1.82) is 0 Å². The van der Waals surface area contributed by atoms with Crippen LogP contribution in [0.3, 0.4) is 0 Å². The molecule has 2 N–H and O–H groups in total. The van der Waals surface area contributed by atoms with Crippen LogP contribution in [0.2, 0.25) is 0 Å². The van der Waals surface area contributed by atoms with Gasteiger partial charge in [-0.25, -0.2) is 4.79 Å². The molecule has 0 spiro atoms. The highest BCUT2D eigenvalue weighted by atomic mass is 16.5. The molecule has 0 heterocycles. The lowest BCUT2D eigenvalue weighted by Gasteiger charge is -2.42. The van der Waals surface area contributed by atoms with E-state index in [2.05, 4.69) is 18.8 Å². The lowest BCUT2D eigenvalue weighted by atomic mass is 9.66. The highest BCUT2D eigenvalue weighted by molar-refractivity contribution is 5.68. The summed E-state index contributed by atoms with van der Waals surface area (Å²) in [5.41, 5.74) is 1.14. The molecule has 0 aromatic heterocycles. The summed E-state index contributed by atoms with van der Waals surface area (Å²) in [5.74, 6) is 0.838. The van der Waals surface area contributed by atoms with E-state index < -0.39 is 12.1 Å². The van der Waals surface area contributed by atoms with Gasteiger partial charge in [0.25, 0.3) is 0 Å². The number of benzene rings is 1. The lowest BCUT2D eigenvalue weighted by molar-refractivity contribution is 0.0810. The number of carbonyl (C=O) groups is 1. The van der Waals surface area contributed by atoms with Crippen molar-refractivity contribution in [3.05, 3.63) is 48.2 Å². The van der Waals surface area contributed by atoms with Gasteiger partial charge in [-0.1, -0.05) is 63.1 Å².